The molecule has 29 heavy (non-hydrogen) atoms. The molecule has 3 aromatic rings. The van der Waals surface area contributed by atoms with Crippen LogP contribution in [0.25, 0.3) is 11.8 Å². The van der Waals surface area contributed by atoms with Gasteiger partial charge < -0.3 is 4.57 Å². The molecule has 0 radical (unpaired) electrons. The predicted molar refractivity (Wildman–Crippen MR) is 118 cm³/mol. The number of amides is 2. The summed E-state index contributed by atoms with van der Waals surface area (Å²) in [5.74, 6) is -0.929. The Balaban J connectivity index is 1.69. The highest BCUT2D eigenvalue weighted by Gasteiger charge is 2.34. The number of para-hydroxylation sites is 1. The molecule has 0 aliphatic carbocycles. The number of aromatic nitrogens is 1. The van der Waals surface area contributed by atoms with Gasteiger partial charge in [0.1, 0.15) is 5.57 Å². The molecule has 144 valence electrons. The summed E-state index contributed by atoms with van der Waals surface area (Å²) >= 11 is 5.27. The van der Waals surface area contributed by atoms with Crippen LogP contribution in [0.1, 0.15) is 16.7 Å². The molecule has 6 heteroatoms. The van der Waals surface area contributed by atoms with Gasteiger partial charge in [0, 0.05) is 18.1 Å². The van der Waals surface area contributed by atoms with E-state index >= 15 is 0 Å². The summed E-state index contributed by atoms with van der Waals surface area (Å²) in [6.07, 6.45) is 5.35. The Morgan fingerprint density at radius 1 is 0.931 bits per heavy atom. The van der Waals surface area contributed by atoms with Crippen molar-refractivity contribution < 1.29 is 9.59 Å². The first-order chi connectivity index (χ1) is 13.9. The van der Waals surface area contributed by atoms with Crippen LogP contribution in [0.4, 0.5) is 5.69 Å². The van der Waals surface area contributed by atoms with E-state index in [1.807, 2.05) is 85.4 Å². The molecular formula is C23H19N3O2S. The molecule has 1 saturated heterocycles. The van der Waals surface area contributed by atoms with Gasteiger partial charge >= 0.3 is 0 Å². The van der Waals surface area contributed by atoms with Gasteiger partial charge in [-0.3, -0.25) is 19.8 Å². The van der Waals surface area contributed by atoms with E-state index in [0.717, 1.165) is 22.4 Å². The Morgan fingerprint density at radius 2 is 1.69 bits per heavy atom. The number of benzene rings is 2. The lowest BCUT2D eigenvalue weighted by molar-refractivity contribution is -0.122. The van der Waals surface area contributed by atoms with E-state index in [1.165, 1.54) is 4.90 Å². The SMILES string of the molecule is Cc1ccc(N2C(=O)/C(=C\c3ccn(-c4ccccc4)c3)C(=O)NC2=S)cc1C. The molecule has 1 aromatic heterocycles. The maximum Gasteiger partial charge on any atom is 0.270 e. The summed E-state index contributed by atoms with van der Waals surface area (Å²) in [5, 5.41) is 2.71. The molecular weight excluding hydrogens is 382 g/mol. The molecule has 2 amide bonds. The van der Waals surface area contributed by atoms with Crippen LogP contribution in [0.15, 0.2) is 72.6 Å². The van der Waals surface area contributed by atoms with Crippen molar-refractivity contribution in [1.82, 2.24) is 9.88 Å². The Bertz CT molecular complexity index is 1160. The first kappa shape index (κ1) is 18.8. The van der Waals surface area contributed by atoms with E-state index in [9.17, 15) is 9.59 Å². The van der Waals surface area contributed by atoms with Crippen molar-refractivity contribution in [2.24, 2.45) is 0 Å². The summed E-state index contributed by atoms with van der Waals surface area (Å²) in [6.45, 7) is 3.97. The second-order valence-corrected chi connectivity index (χ2v) is 7.30. The fourth-order valence-corrected chi connectivity index (χ4v) is 3.46. The van der Waals surface area contributed by atoms with Crippen LogP contribution < -0.4 is 10.2 Å². The number of rotatable bonds is 3. The number of aryl methyl sites for hydroxylation is 2. The van der Waals surface area contributed by atoms with Crippen molar-refractivity contribution >= 4 is 40.9 Å². The summed E-state index contributed by atoms with van der Waals surface area (Å²) in [6, 6.07) is 17.3. The highest BCUT2D eigenvalue weighted by Crippen LogP contribution is 2.24. The topological polar surface area (TPSA) is 54.3 Å². The number of hydrogen-bond acceptors (Lipinski definition) is 3. The number of carbonyl (C=O) groups is 2. The van der Waals surface area contributed by atoms with Crippen LogP contribution in [0.2, 0.25) is 0 Å². The molecule has 1 aliphatic heterocycles. The van der Waals surface area contributed by atoms with Gasteiger partial charge in [-0.05, 0) is 79.2 Å². The summed E-state index contributed by atoms with van der Waals surface area (Å²) in [5.41, 5.74) is 4.58. The van der Waals surface area contributed by atoms with Crippen LogP contribution in [0, 0.1) is 13.8 Å². The molecule has 0 atom stereocenters. The highest BCUT2D eigenvalue weighted by atomic mass is 32.1. The van der Waals surface area contributed by atoms with Crippen molar-refractivity contribution in [2.75, 3.05) is 4.90 Å². The van der Waals surface area contributed by atoms with Crippen molar-refractivity contribution in [3.63, 3.8) is 0 Å². The van der Waals surface area contributed by atoms with E-state index in [0.29, 0.717) is 5.69 Å². The van der Waals surface area contributed by atoms with Gasteiger partial charge in [-0.1, -0.05) is 24.3 Å². The van der Waals surface area contributed by atoms with Gasteiger partial charge in [0.2, 0.25) is 0 Å². The van der Waals surface area contributed by atoms with E-state index in [-0.39, 0.29) is 10.7 Å². The number of carbonyl (C=O) groups excluding carboxylic acids is 2. The van der Waals surface area contributed by atoms with E-state index in [4.69, 9.17) is 12.2 Å². The molecule has 4 rings (SSSR count). The third kappa shape index (κ3) is 3.62. The van der Waals surface area contributed by atoms with E-state index in [2.05, 4.69) is 5.32 Å². The van der Waals surface area contributed by atoms with Gasteiger partial charge in [-0.2, -0.15) is 0 Å². The van der Waals surface area contributed by atoms with E-state index in [1.54, 1.807) is 6.08 Å². The van der Waals surface area contributed by atoms with Gasteiger partial charge in [0.25, 0.3) is 11.8 Å². The third-order valence-corrected chi connectivity index (χ3v) is 5.22. The molecule has 1 aliphatic rings. The second-order valence-electron chi connectivity index (χ2n) is 6.91. The molecule has 0 bridgehead atoms. The molecule has 5 nitrogen and oxygen atoms in total. The molecule has 2 aromatic carbocycles. The predicted octanol–water partition coefficient (Wildman–Crippen LogP) is 3.93. The Labute approximate surface area is 174 Å². The normalized spacial score (nSPS) is 15.7. The molecule has 0 unspecified atom stereocenters. The van der Waals surface area contributed by atoms with Gasteiger partial charge in [-0.15, -0.1) is 0 Å². The summed E-state index contributed by atoms with van der Waals surface area (Å²) in [7, 11) is 0. The lowest BCUT2D eigenvalue weighted by atomic mass is 10.1. The minimum absolute atomic E-state index is 0.0441. The fourth-order valence-electron chi connectivity index (χ4n) is 3.18. The Morgan fingerprint density at radius 3 is 2.41 bits per heavy atom. The van der Waals surface area contributed by atoms with Gasteiger partial charge in [0.15, 0.2) is 5.11 Å². The van der Waals surface area contributed by atoms with Crippen molar-refractivity contribution in [2.45, 2.75) is 13.8 Å². The Kier molecular flexibility index (Phi) is 4.86. The fraction of sp³-hybridized carbons (Fsp3) is 0.0870. The zero-order chi connectivity index (χ0) is 20.5. The quantitative estimate of drug-likeness (QED) is 0.411. The first-order valence-electron chi connectivity index (χ1n) is 9.16. The number of hydrogen-bond donors (Lipinski definition) is 1. The minimum Gasteiger partial charge on any atom is -0.323 e. The van der Waals surface area contributed by atoms with Crippen LogP contribution in [0.3, 0.4) is 0 Å². The molecule has 0 spiro atoms. The second kappa shape index (κ2) is 7.48. The van der Waals surface area contributed by atoms with Crippen LogP contribution in [0.5, 0.6) is 0 Å². The lowest BCUT2D eigenvalue weighted by Crippen LogP contribution is -2.54. The number of anilines is 1. The number of nitrogens with zero attached hydrogens (tertiary/aromatic N) is 2. The average Bonchev–Trinajstić information content (AvgIpc) is 3.17. The smallest absolute Gasteiger partial charge is 0.270 e. The van der Waals surface area contributed by atoms with E-state index < -0.39 is 11.8 Å². The number of thiocarbonyl (C=S) groups is 1. The highest BCUT2D eigenvalue weighted by molar-refractivity contribution is 7.80. The van der Waals surface area contributed by atoms with Crippen molar-refractivity contribution in [3.8, 4) is 5.69 Å². The number of nitrogens with one attached hydrogen (secondary N) is 1. The minimum atomic E-state index is -0.493. The summed E-state index contributed by atoms with van der Waals surface area (Å²) in [4.78, 5) is 27.0. The standard InChI is InChI=1S/C23H19N3O2S/c1-15-8-9-19(12-16(15)2)26-22(28)20(21(27)24-23(26)29)13-17-10-11-25(14-17)18-6-4-3-5-7-18/h3-14H,1-2H3,(H,24,27,29)/b20-13-. The van der Waals surface area contributed by atoms with Crippen molar-refractivity contribution in [1.29, 1.82) is 0 Å². The third-order valence-electron chi connectivity index (χ3n) is 4.93. The van der Waals surface area contributed by atoms with Crippen LogP contribution >= 0.6 is 12.2 Å². The average molecular weight is 401 g/mol. The Hall–Kier alpha value is -3.51. The van der Waals surface area contributed by atoms with Crippen LogP contribution in [-0.2, 0) is 9.59 Å². The first-order valence-corrected chi connectivity index (χ1v) is 9.57. The largest absolute Gasteiger partial charge is 0.323 e. The van der Waals surface area contributed by atoms with Crippen molar-refractivity contribution in [3.05, 3.63) is 89.3 Å². The summed E-state index contributed by atoms with van der Waals surface area (Å²) < 4.78 is 1.93. The zero-order valence-corrected chi connectivity index (χ0v) is 16.9. The molecule has 1 fully saturated rings. The van der Waals surface area contributed by atoms with Gasteiger partial charge in [0.05, 0.1) is 5.69 Å². The molecule has 1 N–H and O–H groups in total. The maximum atomic E-state index is 13.1. The molecule has 2 heterocycles. The van der Waals surface area contributed by atoms with Crippen LogP contribution in [-0.4, -0.2) is 21.5 Å². The monoisotopic (exact) mass is 401 g/mol. The van der Waals surface area contributed by atoms with Gasteiger partial charge in [-0.25, -0.2) is 0 Å². The molecule has 0 saturated carbocycles. The zero-order valence-electron chi connectivity index (χ0n) is 16.0. The maximum absolute atomic E-state index is 13.1. The lowest BCUT2D eigenvalue weighted by Gasteiger charge is -2.29.